The van der Waals surface area contributed by atoms with Gasteiger partial charge in [0, 0.05) is 0 Å². The molecule has 1 aliphatic heterocycles. The summed E-state index contributed by atoms with van der Waals surface area (Å²) in [6.45, 7) is 0. The van der Waals surface area contributed by atoms with Crippen LogP contribution in [0.25, 0.3) is 6.08 Å². The topological polar surface area (TPSA) is 116 Å². The highest BCUT2D eigenvalue weighted by Crippen LogP contribution is 2.33. The van der Waals surface area contributed by atoms with E-state index in [1.165, 1.54) is 37.5 Å². The molecule has 138 valence electrons. The largest absolute Gasteiger partial charge is 0.507 e. The summed E-state index contributed by atoms with van der Waals surface area (Å²) in [5.41, 5.74) is 2.66. The molecule has 1 fully saturated rings. The van der Waals surface area contributed by atoms with E-state index in [1.807, 2.05) is 0 Å². The standard InChI is InChI=1S/C18H14N2O6S/c1-26-14-8-10(6-7-13(14)22)9-15-17(24)20(18(25)27-15)19-16(23)11-4-2-3-5-12(11)21/h2-9,21-22H,1H3,(H,19,23)/b15-9-. The van der Waals surface area contributed by atoms with Gasteiger partial charge in [0.2, 0.25) is 0 Å². The summed E-state index contributed by atoms with van der Waals surface area (Å²) < 4.78 is 5.00. The molecule has 2 aromatic carbocycles. The number of para-hydroxylation sites is 1. The van der Waals surface area contributed by atoms with Crippen molar-refractivity contribution in [2.45, 2.75) is 0 Å². The number of thioether (sulfide) groups is 1. The minimum atomic E-state index is -0.789. The maximum absolute atomic E-state index is 12.5. The third-order valence-electron chi connectivity index (χ3n) is 3.66. The number of aromatic hydroxyl groups is 2. The first-order chi connectivity index (χ1) is 12.9. The maximum atomic E-state index is 12.5. The lowest BCUT2D eigenvalue weighted by Gasteiger charge is -2.14. The fourth-order valence-corrected chi connectivity index (χ4v) is 3.11. The molecule has 1 saturated heterocycles. The number of carbonyl (C=O) groups is 3. The number of carbonyl (C=O) groups excluding carboxylic acids is 3. The van der Waals surface area contributed by atoms with Gasteiger partial charge in [-0.15, -0.1) is 0 Å². The summed E-state index contributed by atoms with van der Waals surface area (Å²) in [4.78, 5) is 36.8. The number of hydrazine groups is 1. The molecule has 0 aliphatic carbocycles. The van der Waals surface area contributed by atoms with Crippen LogP contribution in [0.4, 0.5) is 4.79 Å². The van der Waals surface area contributed by atoms with Crippen LogP contribution in [0.1, 0.15) is 15.9 Å². The number of hydrogen-bond donors (Lipinski definition) is 3. The Morgan fingerprint density at radius 3 is 2.59 bits per heavy atom. The molecule has 3 N–H and O–H groups in total. The first-order valence-corrected chi connectivity index (χ1v) is 8.46. The van der Waals surface area contributed by atoms with Crippen LogP contribution < -0.4 is 10.2 Å². The summed E-state index contributed by atoms with van der Waals surface area (Å²) in [5.74, 6) is -1.61. The van der Waals surface area contributed by atoms with Crippen LogP contribution in [0, 0.1) is 0 Å². The Hall–Kier alpha value is -3.46. The molecule has 0 atom stereocenters. The molecular weight excluding hydrogens is 372 g/mol. The summed E-state index contributed by atoms with van der Waals surface area (Å²) in [6.07, 6.45) is 1.44. The van der Waals surface area contributed by atoms with Gasteiger partial charge >= 0.3 is 5.24 Å². The number of phenolic OH excluding ortho intramolecular Hbond substituents is 2. The summed E-state index contributed by atoms with van der Waals surface area (Å²) in [5, 5.41) is 19.2. The van der Waals surface area contributed by atoms with Crippen LogP contribution in [0.2, 0.25) is 0 Å². The number of benzene rings is 2. The molecule has 0 unspecified atom stereocenters. The van der Waals surface area contributed by atoms with Crippen LogP contribution >= 0.6 is 11.8 Å². The van der Waals surface area contributed by atoms with Crippen molar-refractivity contribution in [2.24, 2.45) is 0 Å². The lowest BCUT2D eigenvalue weighted by Crippen LogP contribution is -2.44. The minimum absolute atomic E-state index is 0.0577. The van der Waals surface area contributed by atoms with Gasteiger partial charge in [0.1, 0.15) is 5.75 Å². The Labute approximate surface area is 158 Å². The predicted octanol–water partition coefficient (Wildman–Crippen LogP) is 2.49. The molecular formula is C18H14N2O6S. The number of phenols is 2. The average Bonchev–Trinajstić information content (AvgIpc) is 2.91. The van der Waals surface area contributed by atoms with Gasteiger partial charge in [-0.25, -0.2) is 0 Å². The lowest BCUT2D eigenvalue weighted by molar-refractivity contribution is -0.124. The molecule has 3 rings (SSSR count). The number of ether oxygens (including phenoxy) is 1. The van der Waals surface area contributed by atoms with Crippen molar-refractivity contribution >= 4 is 34.9 Å². The van der Waals surface area contributed by atoms with Gasteiger partial charge in [-0.1, -0.05) is 18.2 Å². The molecule has 0 radical (unpaired) electrons. The van der Waals surface area contributed by atoms with Crippen molar-refractivity contribution in [3.05, 3.63) is 58.5 Å². The molecule has 0 saturated carbocycles. The number of nitrogens with one attached hydrogen (secondary N) is 1. The number of methoxy groups -OCH3 is 1. The minimum Gasteiger partial charge on any atom is -0.507 e. The van der Waals surface area contributed by atoms with E-state index in [2.05, 4.69) is 5.43 Å². The van der Waals surface area contributed by atoms with E-state index in [9.17, 15) is 24.6 Å². The second-order valence-electron chi connectivity index (χ2n) is 5.41. The molecule has 27 heavy (non-hydrogen) atoms. The van der Waals surface area contributed by atoms with Crippen molar-refractivity contribution in [2.75, 3.05) is 7.11 Å². The Morgan fingerprint density at radius 1 is 1.15 bits per heavy atom. The Kier molecular flexibility index (Phi) is 5.04. The van der Waals surface area contributed by atoms with Crippen molar-refractivity contribution < 1.29 is 29.3 Å². The molecule has 8 nitrogen and oxygen atoms in total. The third kappa shape index (κ3) is 3.72. The van der Waals surface area contributed by atoms with Crippen LogP contribution in [0.3, 0.4) is 0 Å². The average molecular weight is 386 g/mol. The summed E-state index contributed by atoms with van der Waals surface area (Å²) in [6, 6.07) is 10.2. The van der Waals surface area contributed by atoms with Crippen LogP contribution in [-0.2, 0) is 4.79 Å². The second kappa shape index (κ2) is 7.42. The van der Waals surface area contributed by atoms with Crippen molar-refractivity contribution in [3.63, 3.8) is 0 Å². The predicted molar refractivity (Wildman–Crippen MR) is 98.0 cm³/mol. The Morgan fingerprint density at radius 2 is 1.89 bits per heavy atom. The number of imide groups is 1. The highest BCUT2D eigenvalue weighted by atomic mass is 32.2. The molecule has 0 aromatic heterocycles. The Balaban J connectivity index is 1.81. The fourth-order valence-electron chi connectivity index (χ4n) is 2.33. The van der Waals surface area contributed by atoms with Gasteiger partial charge in [-0.2, -0.15) is 5.01 Å². The van der Waals surface area contributed by atoms with E-state index in [4.69, 9.17) is 4.74 Å². The SMILES string of the molecule is COc1cc(/C=C2\SC(=O)N(NC(=O)c3ccccc3O)C2=O)ccc1O. The van der Waals surface area contributed by atoms with Gasteiger partial charge in [-0.3, -0.25) is 19.8 Å². The van der Waals surface area contributed by atoms with Crippen LogP contribution in [0.5, 0.6) is 17.2 Å². The van der Waals surface area contributed by atoms with Gasteiger partial charge in [-0.05, 0) is 47.7 Å². The normalized spacial score (nSPS) is 15.3. The fraction of sp³-hybridized carbons (Fsp3) is 0.0556. The molecule has 3 amide bonds. The second-order valence-corrected chi connectivity index (χ2v) is 6.40. The maximum Gasteiger partial charge on any atom is 0.312 e. The number of rotatable bonds is 4. The Bertz CT molecular complexity index is 972. The van der Waals surface area contributed by atoms with E-state index in [0.717, 1.165) is 0 Å². The van der Waals surface area contributed by atoms with Gasteiger partial charge in [0.05, 0.1) is 17.6 Å². The smallest absolute Gasteiger partial charge is 0.312 e. The van der Waals surface area contributed by atoms with Gasteiger partial charge in [0.15, 0.2) is 11.5 Å². The van der Waals surface area contributed by atoms with Crippen LogP contribution in [0.15, 0.2) is 47.4 Å². The van der Waals surface area contributed by atoms with Crippen molar-refractivity contribution in [3.8, 4) is 17.2 Å². The lowest BCUT2D eigenvalue weighted by atomic mass is 10.2. The monoisotopic (exact) mass is 386 g/mol. The zero-order valence-electron chi connectivity index (χ0n) is 14.0. The van der Waals surface area contributed by atoms with Crippen LogP contribution in [-0.4, -0.2) is 39.4 Å². The van der Waals surface area contributed by atoms with E-state index in [-0.39, 0.29) is 27.7 Å². The first kappa shape index (κ1) is 18.3. The summed E-state index contributed by atoms with van der Waals surface area (Å²) >= 11 is 0.654. The number of nitrogens with zero attached hydrogens (tertiary/aromatic N) is 1. The highest BCUT2D eigenvalue weighted by Gasteiger charge is 2.37. The third-order valence-corrected chi connectivity index (χ3v) is 4.53. The van der Waals surface area contributed by atoms with Gasteiger partial charge < -0.3 is 14.9 Å². The number of amides is 3. The molecule has 9 heteroatoms. The van der Waals surface area contributed by atoms with E-state index >= 15 is 0 Å². The van der Waals surface area contributed by atoms with E-state index < -0.39 is 17.1 Å². The van der Waals surface area contributed by atoms with E-state index in [1.54, 1.807) is 18.2 Å². The highest BCUT2D eigenvalue weighted by molar-refractivity contribution is 8.18. The summed E-state index contributed by atoms with van der Waals surface area (Å²) in [7, 11) is 1.39. The molecule has 1 heterocycles. The first-order valence-electron chi connectivity index (χ1n) is 7.64. The molecule has 0 bridgehead atoms. The van der Waals surface area contributed by atoms with Gasteiger partial charge in [0.25, 0.3) is 11.8 Å². The van der Waals surface area contributed by atoms with Crippen molar-refractivity contribution in [1.29, 1.82) is 0 Å². The molecule has 1 aliphatic rings. The zero-order chi connectivity index (χ0) is 19.6. The van der Waals surface area contributed by atoms with Crippen molar-refractivity contribution in [1.82, 2.24) is 10.4 Å². The quantitative estimate of drug-likeness (QED) is 0.691. The molecule has 2 aromatic rings. The number of hydrogen-bond acceptors (Lipinski definition) is 7. The zero-order valence-corrected chi connectivity index (χ0v) is 14.8. The van der Waals surface area contributed by atoms with E-state index in [0.29, 0.717) is 22.3 Å². The molecule has 0 spiro atoms.